The fourth-order valence-electron chi connectivity index (χ4n) is 4.41. The lowest BCUT2D eigenvalue weighted by atomic mass is 10.0. The number of guanidine groups is 1. The first-order valence-corrected chi connectivity index (χ1v) is 11.3. The Labute approximate surface area is 210 Å². The Balaban J connectivity index is 0.00000363. The van der Waals surface area contributed by atoms with E-state index in [4.69, 9.17) is 4.74 Å². The van der Waals surface area contributed by atoms with Gasteiger partial charge < -0.3 is 15.4 Å². The number of rotatable bonds is 8. The highest BCUT2D eigenvalue weighted by molar-refractivity contribution is 14.0. The van der Waals surface area contributed by atoms with Gasteiger partial charge in [-0.3, -0.25) is 14.6 Å². The Kier molecular flexibility index (Phi) is 10.8. The van der Waals surface area contributed by atoms with Gasteiger partial charge in [-0.1, -0.05) is 18.6 Å². The van der Waals surface area contributed by atoms with Crippen molar-refractivity contribution in [3.63, 3.8) is 0 Å². The van der Waals surface area contributed by atoms with Gasteiger partial charge in [-0.15, -0.1) is 24.0 Å². The van der Waals surface area contributed by atoms with E-state index in [1.807, 2.05) is 18.8 Å². The maximum atomic E-state index is 5.34. The van der Waals surface area contributed by atoms with Crippen LogP contribution in [0.4, 0.5) is 0 Å². The number of benzene rings is 1. The van der Waals surface area contributed by atoms with Crippen molar-refractivity contribution in [3.05, 3.63) is 46.8 Å². The maximum Gasteiger partial charge on any atom is 0.191 e. The summed E-state index contributed by atoms with van der Waals surface area (Å²) < 4.78 is 7.30. The number of methoxy groups -OCH3 is 1. The lowest BCUT2D eigenvalue weighted by Gasteiger charge is -2.35. The molecule has 2 aromatic rings. The van der Waals surface area contributed by atoms with Crippen molar-refractivity contribution in [1.29, 1.82) is 0 Å². The van der Waals surface area contributed by atoms with Crippen LogP contribution in [0.3, 0.4) is 0 Å². The van der Waals surface area contributed by atoms with Crippen LogP contribution < -0.4 is 15.4 Å². The van der Waals surface area contributed by atoms with E-state index in [1.165, 1.54) is 36.1 Å². The summed E-state index contributed by atoms with van der Waals surface area (Å²) in [6.07, 6.45) is 4.79. The van der Waals surface area contributed by atoms with Crippen molar-refractivity contribution in [3.8, 4) is 5.75 Å². The molecule has 2 heterocycles. The highest BCUT2D eigenvalue weighted by Gasteiger charge is 2.22. The molecular weight excluding hydrogens is 515 g/mol. The van der Waals surface area contributed by atoms with Gasteiger partial charge in [0.05, 0.1) is 18.8 Å². The molecule has 0 saturated carbocycles. The number of aliphatic imine (C=N–C) groups is 1. The molecule has 1 saturated heterocycles. The molecule has 2 N–H and O–H groups in total. The topological polar surface area (TPSA) is 66.7 Å². The molecule has 1 aromatic carbocycles. The van der Waals surface area contributed by atoms with Crippen LogP contribution >= 0.6 is 24.0 Å². The molecule has 1 aliphatic rings. The van der Waals surface area contributed by atoms with E-state index in [-0.39, 0.29) is 24.0 Å². The molecule has 1 fully saturated rings. The number of aromatic nitrogens is 2. The third-order valence-corrected chi connectivity index (χ3v) is 6.34. The minimum atomic E-state index is 0. The number of aryl methyl sites for hydroxylation is 2. The summed E-state index contributed by atoms with van der Waals surface area (Å²) in [4.78, 5) is 7.03. The van der Waals surface area contributed by atoms with Gasteiger partial charge >= 0.3 is 0 Å². The number of likely N-dealkylation sites (tertiary alicyclic amines) is 1. The van der Waals surface area contributed by atoms with Crippen LogP contribution in [0, 0.1) is 13.8 Å². The quantitative estimate of drug-likeness (QED) is 0.297. The molecule has 178 valence electrons. The van der Waals surface area contributed by atoms with E-state index in [2.05, 4.69) is 63.7 Å². The number of nitrogens with zero attached hydrogens (tertiary/aromatic N) is 4. The number of nitrogens with one attached hydrogen (secondary N) is 2. The van der Waals surface area contributed by atoms with Crippen LogP contribution in [0.5, 0.6) is 5.75 Å². The smallest absolute Gasteiger partial charge is 0.191 e. The number of halogens is 1. The minimum Gasteiger partial charge on any atom is -0.497 e. The van der Waals surface area contributed by atoms with Crippen LogP contribution in [0.25, 0.3) is 0 Å². The summed E-state index contributed by atoms with van der Waals surface area (Å²) in [7, 11) is 5.54. The average Bonchev–Trinajstić information content (AvgIpc) is 3.04. The molecule has 1 aliphatic heterocycles. The minimum absolute atomic E-state index is 0. The molecular formula is C24H39IN6O. The maximum absolute atomic E-state index is 5.34. The predicted octanol–water partition coefficient (Wildman–Crippen LogP) is 3.60. The van der Waals surface area contributed by atoms with Gasteiger partial charge in [-0.2, -0.15) is 5.10 Å². The van der Waals surface area contributed by atoms with Crippen LogP contribution in [-0.2, 0) is 13.5 Å². The third kappa shape index (κ3) is 6.84. The molecule has 8 heteroatoms. The van der Waals surface area contributed by atoms with E-state index < -0.39 is 0 Å². The number of hydrogen-bond donors (Lipinski definition) is 2. The van der Waals surface area contributed by atoms with Crippen molar-refractivity contribution < 1.29 is 4.74 Å². The first-order chi connectivity index (χ1) is 15.0. The Morgan fingerprint density at radius 1 is 1.12 bits per heavy atom. The second kappa shape index (κ2) is 13.0. The van der Waals surface area contributed by atoms with Crippen molar-refractivity contribution in [1.82, 2.24) is 25.3 Å². The van der Waals surface area contributed by atoms with Crippen LogP contribution in [0.2, 0.25) is 0 Å². The summed E-state index contributed by atoms with van der Waals surface area (Å²) in [5.74, 6) is 1.74. The summed E-state index contributed by atoms with van der Waals surface area (Å²) in [5.41, 5.74) is 4.96. The molecule has 1 unspecified atom stereocenters. The zero-order valence-corrected chi connectivity index (χ0v) is 22.5. The molecule has 0 bridgehead atoms. The van der Waals surface area contributed by atoms with Crippen molar-refractivity contribution >= 4 is 29.9 Å². The molecule has 32 heavy (non-hydrogen) atoms. The first kappa shape index (κ1) is 26.4. The van der Waals surface area contributed by atoms with Crippen LogP contribution in [-0.4, -0.2) is 61.0 Å². The fourth-order valence-corrected chi connectivity index (χ4v) is 4.41. The monoisotopic (exact) mass is 554 g/mol. The van der Waals surface area contributed by atoms with E-state index in [0.717, 1.165) is 50.0 Å². The third-order valence-electron chi connectivity index (χ3n) is 6.34. The van der Waals surface area contributed by atoms with Gasteiger partial charge in [0.25, 0.3) is 0 Å². The molecule has 1 aromatic heterocycles. The summed E-state index contributed by atoms with van der Waals surface area (Å²) in [5, 5.41) is 11.5. The van der Waals surface area contributed by atoms with E-state index in [9.17, 15) is 0 Å². The molecule has 7 nitrogen and oxygen atoms in total. The highest BCUT2D eigenvalue weighted by Crippen LogP contribution is 2.25. The summed E-state index contributed by atoms with van der Waals surface area (Å²) in [6, 6.07) is 8.79. The Bertz CT molecular complexity index is 858. The largest absolute Gasteiger partial charge is 0.497 e. The summed E-state index contributed by atoms with van der Waals surface area (Å²) in [6.45, 7) is 8.13. The average molecular weight is 555 g/mol. The lowest BCUT2D eigenvalue weighted by Crippen LogP contribution is -2.44. The Morgan fingerprint density at radius 2 is 1.81 bits per heavy atom. The van der Waals surface area contributed by atoms with Crippen molar-refractivity contribution in [2.45, 2.75) is 45.6 Å². The zero-order valence-electron chi connectivity index (χ0n) is 20.1. The SMILES string of the molecule is CN=C(NCCc1c(C)nn(C)c1C)NCC(c1ccc(OC)cc1)N1CCCCC1.I. The van der Waals surface area contributed by atoms with Gasteiger partial charge in [0.15, 0.2) is 5.96 Å². The highest BCUT2D eigenvalue weighted by atomic mass is 127. The van der Waals surface area contributed by atoms with E-state index >= 15 is 0 Å². The van der Waals surface area contributed by atoms with E-state index in [1.54, 1.807) is 7.11 Å². The zero-order chi connectivity index (χ0) is 22.2. The van der Waals surface area contributed by atoms with Crippen molar-refractivity contribution in [2.75, 3.05) is 40.3 Å². The van der Waals surface area contributed by atoms with Gasteiger partial charge in [0, 0.05) is 32.9 Å². The Hall–Kier alpha value is -1.81. The molecule has 1 atom stereocenters. The standard InChI is InChI=1S/C24H38N6O.HI/c1-18-22(19(2)29(4)28-18)13-14-26-24(25-3)27-17-23(30-15-7-6-8-16-30)20-9-11-21(31-5)12-10-20;/h9-12,23H,6-8,13-17H2,1-5H3,(H2,25,26,27);1H. The lowest BCUT2D eigenvalue weighted by molar-refractivity contribution is 0.164. The predicted molar refractivity (Wildman–Crippen MR) is 142 cm³/mol. The van der Waals surface area contributed by atoms with Gasteiger partial charge in [0.2, 0.25) is 0 Å². The molecule has 0 radical (unpaired) electrons. The van der Waals surface area contributed by atoms with Gasteiger partial charge in [-0.05, 0) is 69.5 Å². The summed E-state index contributed by atoms with van der Waals surface area (Å²) >= 11 is 0. The number of hydrogen-bond acceptors (Lipinski definition) is 4. The van der Waals surface area contributed by atoms with E-state index in [0.29, 0.717) is 6.04 Å². The number of ether oxygens (including phenoxy) is 1. The first-order valence-electron chi connectivity index (χ1n) is 11.3. The van der Waals surface area contributed by atoms with Gasteiger partial charge in [0.1, 0.15) is 5.75 Å². The molecule has 0 spiro atoms. The molecule has 3 rings (SSSR count). The number of piperidine rings is 1. The second-order valence-corrected chi connectivity index (χ2v) is 8.29. The van der Waals surface area contributed by atoms with Gasteiger partial charge in [-0.25, -0.2) is 0 Å². The van der Waals surface area contributed by atoms with Crippen LogP contribution in [0.1, 0.15) is 47.8 Å². The van der Waals surface area contributed by atoms with Crippen molar-refractivity contribution in [2.24, 2.45) is 12.0 Å². The molecule has 0 amide bonds. The van der Waals surface area contributed by atoms with Crippen LogP contribution in [0.15, 0.2) is 29.3 Å². The molecule has 0 aliphatic carbocycles. The fraction of sp³-hybridized carbons (Fsp3) is 0.583. The normalized spacial score (nSPS) is 15.7. The Morgan fingerprint density at radius 3 is 2.38 bits per heavy atom. The second-order valence-electron chi connectivity index (χ2n) is 8.29.